The summed E-state index contributed by atoms with van der Waals surface area (Å²) in [6, 6.07) is 11.7. The summed E-state index contributed by atoms with van der Waals surface area (Å²) in [5, 5.41) is 5.69. The average molecular weight is 309 g/mol. The van der Waals surface area contributed by atoms with E-state index in [0.717, 1.165) is 11.3 Å². The number of nitrogens with one attached hydrogen (secondary N) is 2. The predicted molar refractivity (Wildman–Crippen MR) is 85.6 cm³/mol. The van der Waals surface area contributed by atoms with Gasteiger partial charge in [0.25, 0.3) is 0 Å². The van der Waals surface area contributed by atoms with Crippen LogP contribution in [0.15, 0.2) is 55.0 Å². The van der Waals surface area contributed by atoms with E-state index >= 15 is 0 Å². The van der Waals surface area contributed by atoms with Crippen LogP contribution in [-0.4, -0.2) is 14.8 Å². The fourth-order valence-electron chi connectivity index (χ4n) is 2.36. The van der Waals surface area contributed by atoms with E-state index in [1.807, 2.05) is 41.2 Å². The number of hydrazine groups is 3. The zero-order valence-electron chi connectivity index (χ0n) is 12.2. The van der Waals surface area contributed by atoms with Gasteiger partial charge in [-0.1, -0.05) is 18.2 Å². The minimum Gasteiger partial charge on any atom is -0.486 e. The Balaban J connectivity index is 1.51. The molecule has 116 valence electrons. The summed E-state index contributed by atoms with van der Waals surface area (Å²) in [7, 11) is 0. The van der Waals surface area contributed by atoms with Crippen molar-refractivity contribution in [3.8, 4) is 11.4 Å². The molecule has 0 atom stereocenters. The normalized spacial score (nSPS) is 12.8. The van der Waals surface area contributed by atoms with Crippen molar-refractivity contribution in [2.75, 3.05) is 10.5 Å². The number of benzene rings is 1. The standard InChI is InChI=1S/C15H15N7O/c16-22-14-13(6-7-17-15(14)19-20-22)23-10-11-8-18-21(9-11)12-4-2-1-3-5-12/h1-9,20H,10,16H2,(H,17,19). The van der Waals surface area contributed by atoms with Gasteiger partial charge in [0.15, 0.2) is 17.3 Å². The highest BCUT2D eigenvalue weighted by atomic mass is 16.5. The molecular formula is C15H15N7O. The first-order valence-electron chi connectivity index (χ1n) is 7.08. The molecule has 2 aromatic heterocycles. The maximum atomic E-state index is 5.86. The first kappa shape index (κ1) is 13.6. The highest BCUT2D eigenvalue weighted by Gasteiger charge is 2.22. The van der Waals surface area contributed by atoms with E-state index in [9.17, 15) is 0 Å². The third-order valence-electron chi connectivity index (χ3n) is 3.47. The molecule has 0 saturated carbocycles. The lowest BCUT2D eigenvalue weighted by atomic mass is 10.3. The van der Waals surface area contributed by atoms with Crippen molar-refractivity contribution >= 4 is 11.5 Å². The van der Waals surface area contributed by atoms with E-state index in [2.05, 4.69) is 21.0 Å². The molecule has 1 aliphatic heterocycles. The van der Waals surface area contributed by atoms with Gasteiger partial charge in [0.05, 0.1) is 11.9 Å². The Kier molecular flexibility index (Phi) is 3.30. The Morgan fingerprint density at radius 2 is 2.04 bits per heavy atom. The Labute approximate surface area is 132 Å². The van der Waals surface area contributed by atoms with Crippen molar-refractivity contribution in [2.24, 2.45) is 5.84 Å². The summed E-state index contributed by atoms with van der Waals surface area (Å²) in [4.78, 5) is 4.18. The molecule has 8 heteroatoms. The number of anilines is 2. The van der Waals surface area contributed by atoms with Crippen LogP contribution in [0.2, 0.25) is 0 Å². The highest BCUT2D eigenvalue weighted by molar-refractivity contribution is 5.74. The first-order chi connectivity index (χ1) is 11.3. The molecular weight excluding hydrogens is 294 g/mol. The molecule has 0 radical (unpaired) electrons. The molecule has 0 spiro atoms. The van der Waals surface area contributed by atoms with Crippen LogP contribution in [0.4, 0.5) is 11.5 Å². The summed E-state index contributed by atoms with van der Waals surface area (Å²) < 4.78 is 7.67. The van der Waals surface area contributed by atoms with Gasteiger partial charge in [0.1, 0.15) is 6.61 Å². The van der Waals surface area contributed by atoms with Gasteiger partial charge in [-0.25, -0.2) is 20.6 Å². The summed E-state index contributed by atoms with van der Waals surface area (Å²) in [6.45, 7) is 0.386. The van der Waals surface area contributed by atoms with Gasteiger partial charge in [0, 0.05) is 24.0 Å². The first-order valence-corrected chi connectivity index (χ1v) is 7.08. The second kappa shape index (κ2) is 5.59. The molecule has 3 aromatic rings. The van der Waals surface area contributed by atoms with Gasteiger partial charge >= 0.3 is 0 Å². The van der Waals surface area contributed by atoms with Crippen LogP contribution in [0, 0.1) is 0 Å². The monoisotopic (exact) mass is 309 g/mol. The minimum atomic E-state index is 0.386. The van der Waals surface area contributed by atoms with E-state index in [4.69, 9.17) is 10.6 Å². The second-order valence-corrected chi connectivity index (χ2v) is 5.03. The van der Waals surface area contributed by atoms with Gasteiger partial charge in [0.2, 0.25) is 0 Å². The largest absolute Gasteiger partial charge is 0.486 e. The SMILES string of the molecule is NN1NNc2nccc(OCc3cnn(-c4ccccc4)c3)c21. The summed E-state index contributed by atoms with van der Waals surface area (Å²) in [5.41, 5.74) is 8.24. The minimum absolute atomic E-state index is 0.386. The van der Waals surface area contributed by atoms with E-state index in [1.54, 1.807) is 18.5 Å². The molecule has 0 saturated heterocycles. The summed E-state index contributed by atoms with van der Waals surface area (Å²) in [6.07, 6.45) is 5.38. The number of pyridine rings is 1. The molecule has 1 aromatic carbocycles. The Morgan fingerprint density at radius 3 is 2.91 bits per heavy atom. The molecule has 0 bridgehead atoms. The topological polar surface area (TPSA) is 93.3 Å². The van der Waals surface area contributed by atoms with Crippen molar-refractivity contribution in [2.45, 2.75) is 6.61 Å². The lowest BCUT2D eigenvalue weighted by Gasteiger charge is -2.13. The van der Waals surface area contributed by atoms with Crippen molar-refractivity contribution in [3.63, 3.8) is 0 Å². The van der Waals surface area contributed by atoms with Crippen LogP contribution in [0.3, 0.4) is 0 Å². The molecule has 0 unspecified atom stereocenters. The molecule has 0 aliphatic carbocycles. The number of para-hydroxylation sites is 1. The van der Waals surface area contributed by atoms with Gasteiger partial charge < -0.3 is 4.74 Å². The van der Waals surface area contributed by atoms with Crippen LogP contribution in [0.1, 0.15) is 5.56 Å². The molecule has 8 nitrogen and oxygen atoms in total. The van der Waals surface area contributed by atoms with E-state index < -0.39 is 0 Å². The molecule has 4 N–H and O–H groups in total. The van der Waals surface area contributed by atoms with Crippen LogP contribution >= 0.6 is 0 Å². The van der Waals surface area contributed by atoms with E-state index in [1.165, 1.54) is 5.12 Å². The molecule has 0 fully saturated rings. The lowest BCUT2D eigenvalue weighted by Crippen LogP contribution is -2.41. The average Bonchev–Trinajstić information content (AvgIpc) is 3.21. The molecule has 23 heavy (non-hydrogen) atoms. The van der Waals surface area contributed by atoms with E-state index in [0.29, 0.717) is 23.9 Å². The van der Waals surface area contributed by atoms with Gasteiger partial charge in [-0.2, -0.15) is 5.10 Å². The van der Waals surface area contributed by atoms with Crippen molar-refractivity contribution < 1.29 is 4.74 Å². The summed E-state index contributed by atoms with van der Waals surface area (Å²) >= 11 is 0. The summed E-state index contributed by atoms with van der Waals surface area (Å²) in [5.74, 6) is 7.09. The quantitative estimate of drug-likeness (QED) is 0.627. The molecule has 4 rings (SSSR count). The third-order valence-corrected chi connectivity index (χ3v) is 3.47. The highest BCUT2D eigenvalue weighted by Crippen LogP contribution is 2.35. The van der Waals surface area contributed by atoms with Crippen molar-refractivity contribution in [1.82, 2.24) is 20.3 Å². The maximum Gasteiger partial charge on any atom is 0.172 e. The second-order valence-electron chi connectivity index (χ2n) is 5.03. The predicted octanol–water partition coefficient (Wildman–Crippen LogP) is 1.37. The number of hydrogen-bond acceptors (Lipinski definition) is 7. The van der Waals surface area contributed by atoms with Crippen molar-refractivity contribution in [1.29, 1.82) is 0 Å². The molecule has 1 aliphatic rings. The number of nitrogens with zero attached hydrogens (tertiary/aromatic N) is 4. The van der Waals surface area contributed by atoms with Crippen LogP contribution in [0.25, 0.3) is 5.69 Å². The maximum absolute atomic E-state index is 5.86. The Hall–Kier alpha value is -3.10. The van der Waals surface area contributed by atoms with Gasteiger partial charge in [-0.15, -0.1) is 5.53 Å². The smallest absolute Gasteiger partial charge is 0.172 e. The Morgan fingerprint density at radius 1 is 1.17 bits per heavy atom. The fraction of sp³-hybridized carbons (Fsp3) is 0.0667. The van der Waals surface area contributed by atoms with Crippen molar-refractivity contribution in [3.05, 3.63) is 60.6 Å². The molecule has 3 heterocycles. The Bertz CT molecular complexity index is 818. The number of aromatic nitrogens is 3. The zero-order chi connectivity index (χ0) is 15.6. The van der Waals surface area contributed by atoms with Crippen LogP contribution < -0.4 is 26.7 Å². The van der Waals surface area contributed by atoms with Gasteiger partial charge in [-0.05, 0) is 12.1 Å². The number of hydrogen-bond donors (Lipinski definition) is 3. The number of nitrogens with two attached hydrogens (primary N) is 1. The third kappa shape index (κ3) is 2.56. The van der Waals surface area contributed by atoms with E-state index in [-0.39, 0.29) is 0 Å². The van der Waals surface area contributed by atoms with Crippen LogP contribution in [-0.2, 0) is 6.61 Å². The number of rotatable bonds is 4. The zero-order valence-corrected chi connectivity index (χ0v) is 12.2. The lowest BCUT2D eigenvalue weighted by molar-refractivity contribution is 0.306. The molecule has 0 amide bonds. The number of fused-ring (bicyclic) bond motifs is 1. The van der Waals surface area contributed by atoms with Crippen LogP contribution in [0.5, 0.6) is 5.75 Å². The van der Waals surface area contributed by atoms with Gasteiger partial charge in [-0.3, -0.25) is 5.43 Å². The fourth-order valence-corrected chi connectivity index (χ4v) is 2.36. The number of ether oxygens (including phenoxy) is 1.